The molecule has 1 unspecified atom stereocenters. The zero-order chi connectivity index (χ0) is 24.6. The average Bonchev–Trinajstić information content (AvgIpc) is 3.15. The van der Waals surface area contributed by atoms with Gasteiger partial charge in [0.25, 0.3) is 5.91 Å². The highest BCUT2D eigenvalue weighted by Crippen LogP contribution is 2.32. The lowest BCUT2D eigenvalue weighted by Gasteiger charge is -2.54. The van der Waals surface area contributed by atoms with E-state index in [-0.39, 0.29) is 23.5 Å². The Hall–Kier alpha value is -3.12. The highest BCUT2D eigenvalue weighted by Gasteiger charge is 2.51. The van der Waals surface area contributed by atoms with Gasteiger partial charge in [0.05, 0.1) is 19.7 Å². The van der Waals surface area contributed by atoms with Crippen LogP contribution in [0.15, 0.2) is 30.3 Å². The van der Waals surface area contributed by atoms with Gasteiger partial charge in [0.2, 0.25) is 5.91 Å². The molecule has 0 bridgehead atoms. The number of likely N-dealkylation sites (tertiary alicyclic amines) is 1. The molecule has 2 aromatic rings. The minimum atomic E-state index is -5.08. The largest absolute Gasteiger partial charge is 0.490 e. The number of aliphatic carboxylic acids is 1. The number of alkyl halides is 3. The number of ether oxygens (including phenoxy) is 1. The molecular weight excluding hydrogens is 445 g/mol. The Bertz CT molecular complexity index is 1010. The first kappa shape index (κ1) is 24.5. The number of carboxylic acid groups (broad SMARTS) is 1. The Balaban J connectivity index is 0.000000383. The second kappa shape index (κ2) is 9.02. The van der Waals surface area contributed by atoms with Gasteiger partial charge in [-0.2, -0.15) is 13.2 Å². The average molecular weight is 470 g/mol. The quantitative estimate of drug-likeness (QED) is 0.688. The van der Waals surface area contributed by atoms with Crippen molar-refractivity contribution >= 4 is 28.7 Å². The van der Waals surface area contributed by atoms with Crippen LogP contribution in [0.2, 0.25) is 0 Å². The van der Waals surface area contributed by atoms with Gasteiger partial charge in [-0.25, -0.2) is 4.79 Å². The Morgan fingerprint density at radius 1 is 1.18 bits per heavy atom. The van der Waals surface area contributed by atoms with Crippen LogP contribution in [-0.2, 0) is 14.3 Å². The van der Waals surface area contributed by atoms with E-state index in [1.54, 1.807) is 23.9 Å². The Morgan fingerprint density at radius 3 is 2.30 bits per heavy atom. The van der Waals surface area contributed by atoms with Gasteiger partial charge in [0, 0.05) is 31.5 Å². The topological polar surface area (TPSA) is 106 Å². The number of fused-ring (bicyclic) bond motifs is 1. The summed E-state index contributed by atoms with van der Waals surface area (Å²) in [6.45, 7) is 2.11. The molecule has 33 heavy (non-hydrogen) atoms. The number of morpholine rings is 1. The van der Waals surface area contributed by atoms with Crippen molar-refractivity contribution in [2.75, 3.05) is 47.4 Å². The third-order valence-corrected chi connectivity index (χ3v) is 5.59. The molecule has 1 aromatic heterocycles. The van der Waals surface area contributed by atoms with Crippen molar-refractivity contribution in [3.8, 4) is 0 Å². The van der Waals surface area contributed by atoms with Gasteiger partial charge >= 0.3 is 12.1 Å². The SMILES string of the molecule is CN(C)C(=O)C1COC2(CN(C(=O)c3cc4ccccc4[nH]3)C2)CN1C.O=C(O)C(F)(F)F. The number of nitrogens with one attached hydrogen (secondary N) is 1. The molecule has 1 aromatic carbocycles. The van der Waals surface area contributed by atoms with Crippen molar-refractivity contribution in [3.05, 3.63) is 36.0 Å². The summed E-state index contributed by atoms with van der Waals surface area (Å²) in [6.07, 6.45) is -5.08. The lowest BCUT2D eigenvalue weighted by atomic mass is 9.90. The molecule has 1 spiro atoms. The van der Waals surface area contributed by atoms with Crippen LogP contribution in [0.4, 0.5) is 13.2 Å². The third-order valence-electron chi connectivity index (χ3n) is 5.59. The van der Waals surface area contributed by atoms with E-state index in [1.807, 2.05) is 42.3 Å². The molecule has 9 nitrogen and oxygen atoms in total. The zero-order valence-electron chi connectivity index (χ0n) is 18.3. The molecule has 2 fully saturated rings. The number of para-hydroxylation sites is 1. The van der Waals surface area contributed by atoms with E-state index in [1.165, 1.54) is 0 Å². The number of hydrogen-bond donors (Lipinski definition) is 2. The summed E-state index contributed by atoms with van der Waals surface area (Å²) in [5.41, 5.74) is 1.20. The number of nitrogens with zero attached hydrogens (tertiary/aromatic N) is 3. The maximum atomic E-state index is 12.7. The van der Waals surface area contributed by atoms with E-state index in [2.05, 4.69) is 4.98 Å². The monoisotopic (exact) mass is 470 g/mol. The molecule has 0 aliphatic carbocycles. The maximum Gasteiger partial charge on any atom is 0.490 e. The molecule has 4 rings (SSSR count). The summed E-state index contributed by atoms with van der Waals surface area (Å²) in [5.74, 6) is -2.72. The number of aromatic nitrogens is 1. The summed E-state index contributed by atoms with van der Waals surface area (Å²) in [7, 11) is 5.45. The van der Waals surface area contributed by atoms with Gasteiger partial charge in [0.1, 0.15) is 17.3 Å². The molecule has 2 saturated heterocycles. The molecule has 3 heterocycles. The molecular formula is C21H25F3N4O5. The van der Waals surface area contributed by atoms with Gasteiger partial charge in [0.15, 0.2) is 0 Å². The number of rotatable bonds is 2. The molecule has 2 amide bonds. The number of carboxylic acids is 1. The highest BCUT2D eigenvalue weighted by atomic mass is 19.4. The molecule has 12 heteroatoms. The van der Waals surface area contributed by atoms with Crippen molar-refractivity contribution < 1.29 is 37.4 Å². The van der Waals surface area contributed by atoms with Crippen LogP contribution in [0.25, 0.3) is 10.9 Å². The summed E-state index contributed by atoms with van der Waals surface area (Å²) < 4.78 is 37.8. The number of benzene rings is 1. The van der Waals surface area contributed by atoms with Crippen LogP contribution in [0.1, 0.15) is 10.5 Å². The normalized spacial score (nSPS) is 20.1. The minimum absolute atomic E-state index is 0.00966. The predicted molar refractivity (Wildman–Crippen MR) is 112 cm³/mol. The smallest absolute Gasteiger partial charge is 0.475 e. The molecule has 2 N–H and O–H groups in total. The summed E-state index contributed by atoms with van der Waals surface area (Å²) in [4.78, 5) is 42.4. The summed E-state index contributed by atoms with van der Waals surface area (Å²) in [5, 5.41) is 8.16. The Kier molecular flexibility index (Phi) is 6.70. The lowest BCUT2D eigenvalue weighted by molar-refractivity contribution is -0.192. The Labute approximate surface area is 187 Å². The van der Waals surface area contributed by atoms with Crippen LogP contribution in [0.5, 0.6) is 0 Å². The van der Waals surface area contributed by atoms with Gasteiger partial charge < -0.3 is 24.6 Å². The van der Waals surface area contributed by atoms with Crippen LogP contribution < -0.4 is 0 Å². The predicted octanol–water partition coefficient (Wildman–Crippen LogP) is 1.41. The van der Waals surface area contributed by atoms with Crippen LogP contribution in [0.3, 0.4) is 0 Å². The van der Waals surface area contributed by atoms with E-state index in [0.717, 1.165) is 10.9 Å². The number of H-pyrrole nitrogens is 1. The lowest BCUT2D eigenvalue weighted by Crippen LogP contribution is -2.73. The van der Waals surface area contributed by atoms with E-state index in [4.69, 9.17) is 14.6 Å². The van der Waals surface area contributed by atoms with Gasteiger partial charge in [-0.15, -0.1) is 0 Å². The molecule has 2 aliphatic rings. The first-order valence-corrected chi connectivity index (χ1v) is 10.1. The number of hydrogen-bond acceptors (Lipinski definition) is 5. The number of likely N-dealkylation sites (N-methyl/N-ethyl adjacent to an activating group) is 2. The zero-order valence-corrected chi connectivity index (χ0v) is 18.3. The molecule has 2 aliphatic heterocycles. The fraction of sp³-hybridized carbons (Fsp3) is 0.476. The van der Waals surface area contributed by atoms with Gasteiger partial charge in [-0.05, 0) is 19.2 Å². The van der Waals surface area contributed by atoms with Crippen molar-refractivity contribution in [1.29, 1.82) is 0 Å². The van der Waals surface area contributed by atoms with Crippen molar-refractivity contribution in [2.24, 2.45) is 0 Å². The van der Waals surface area contributed by atoms with E-state index < -0.39 is 12.1 Å². The fourth-order valence-corrected chi connectivity index (χ4v) is 3.89. The molecule has 0 radical (unpaired) electrons. The van der Waals surface area contributed by atoms with Gasteiger partial charge in [-0.3, -0.25) is 14.5 Å². The number of aromatic amines is 1. The molecule has 180 valence electrons. The van der Waals surface area contributed by atoms with Crippen LogP contribution in [-0.4, -0.2) is 108 Å². The second-order valence-corrected chi connectivity index (χ2v) is 8.39. The standard InChI is InChI=1S/C19H24N4O3.C2HF3O2/c1-21(2)18(25)16-9-26-19(10-22(16)3)11-23(12-19)17(24)15-8-13-6-4-5-7-14(13)20-15;3-2(4,5)1(6)7/h4-8,16,20H,9-12H2,1-3H3;(H,6,7). The van der Waals surface area contributed by atoms with E-state index >= 15 is 0 Å². The minimum Gasteiger partial charge on any atom is -0.475 e. The van der Waals surface area contributed by atoms with Gasteiger partial charge in [-0.1, -0.05) is 18.2 Å². The first-order chi connectivity index (χ1) is 15.3. The number of carbonyl (C=O) groups excluding carboxylic acids is 2. The number of amides is 2. The molecule has 1 atom stereocenters. The van der Waals surface area contributed by atoms with Crippen molar-refractivity contribution in [2.45, 2.75) is 17.8 Å². The number of halogens is 3. The fourth-order valence-electron chi connectivity index (χ4n) is 3.89. The number of carbonyl (C=O) groups is 3. The third kappa shape index (κ3) is 5.28. The Morgan fingerprint density at radius 2 is 1.79 bits per heavy atom. The van der Waals surface area contributed by atoms with Crippen LogP contribution >= 0.6 is 0 Å². The first-order valence-electron chi connectivity index (χ1n) is 10.1. The van der Waals surface area contributed by atoms with E-state index in [9.17, 15) is 22.8 Å². The highest BCUT2D eigenvalue weighted by molar-refractivity contribution is 5.98. The maximum absolute atomic E-state index is 12.7. The summed E-state index contributed by atoms with van der Waals surface area (Å²) in [6, 6.07) is 9.49. The van der Waals surface area contributed by atoms with Crippen molar-refractivity contribution in [1.82, 2.24) is 19.7 Å². The van der Waals surface area contributed by atoms with Crippen LogP contribution in [0, 0.1) is 0 Å². The van der Waals surface area contributed by atoms with Crippen molar-refractivity contribution in [3.63, 3.8) is 0 Å². The summed E-state index contributed by atoms with van der Waals surface area (Å²) >= 11 is 0. The molecule has 0 saturated carbocycles. The van der Waals surface area contributed by atoms with E-state index in [0.29, 0.717) is 31.9 Å². The second-order valence-electron chi connectivity index (χ2n) is 8.39.